The normalized spacial score (nSPS) is 11.4. The van der Waals surface area contributed by atoms with Crippen LogP contribution in [0.2, 0.25) is 0 Å². The molecule has 0 aromatic heterocycles. The van der Waals surface area contributed by atoms with Gasteiger partial charge >= 0.3 is 0 Å². The van der Waals surface area contributed by atoms with Gasteiger partial charge in [-0.15, -0.1) is 0 Å². The zero-order valence-electron chi connectivity index (χ0n) is 16.6. The third-order valence-corrected chi connectivity index (χ3v) is 4.69. The fourth-order valence-corrected chi connectivity index (χ4v) is 3.02. The Hall–Kier alpha value is -3.60. The van der Waals surface area contributed by atoms with Crippen molar-refractivity contribution in [1.82, 2.24) is 5.32 Å². The second kappa shape index (κ2) is 9.55. The van der Waals surface area contributed by atoms with Gasteiger partial charge in [-0.2, -0.15) is 0 Å². The number of hydrogen-bond donors (Lipinski definition) is 2. The number of anilines is 2. The molecule has 2 amide bonds. The third kappa shape index (κ3) is 5.45. The molecule has 2 N–H and O–H groups in total. The molecule has 148 valence electrons. The monoisotopic (exact) mass is 387 g/mol. The van der Waals surface area contributed by atoms with Crippen LogP contribution in [-0.4, -0.2) is 25.4 Å². The molecule has 3 aromatic carbocycles. The van der Waals surface area contributed by atoms with Gasteiger partial charge in [-0.1, -0.05) is 54.6 Å². The summed E-state index contributed by atoms with van der Waals surface area (Å²) in [7, 11) is 1.75. The Morgan fingerprint density at radius 2 is 1.55 bits per heavy atom. The number of hydrogen-bond acceptors (Lipinski definition) is 3. The van der Waals surface area contributed by atoms with Crippen LogP contribution in [0.1, 0.15) is 28.9 Å². The van der Waals surface area contributed by atoms with Crippen molar-refractivity contribution in [2.45, 2.75) is 13.0 Å². The summed E-state index contributed by atoms with van der Waals surface area (Å²) in [6.07, 6.45) is 0. The first-order valence-electron chi connectivity index (χ1n) is 9.56. The Morgan fingerprint density at radius 3 is 2.24 bits per heavy atom. The van der Waals surface area contributed by atoms with Crippen molar-refractivity contribution in [3.8, 4) is 0 Å². The van der Waals surface area contributed by atoms with E-state index in [0.717, 1.165) is 16.9 Å². The van der Waals surface area contributed by atoms with Crippen molar-refractivity contribution in [3.63, 3.8) is 0 Å². The Labute approximate surface area is 171 Å². The molecular formula is C24H25N3O2. The molecule has 0 aliphatic heterocycles. The Kier molecular flexibility index (Phi) is 6.63. The van der Waals surface area contributed by atoms with E-state index in [2.05, 4.69) is 10.6 Å². The van der Waals surface area contributed by atoms with E-state index in [0.29, 0.717) is 5.56 Å². The number of nitrogens with zero attached hydrogens (tertiary/aromatic N) is 1. The van der Waals surface area contributed by atoms with Gasteiger partial charge in [0.25, 0.3) is 5.91 Å². The largest absolute Gasteiger partial charge is 0.376 e. The molecule has 5 nitrogen and oxygen atoms in total. The number of rotatable bonds is 7. The zero-order chi connectivity index (χ0) is 20.6. The quantitative estimate of drug-likeness (QED) is 0.637. The van der Waals surface area contributed by atoms with E-state index >= 15 is 0 Å². The van der Waals surface area contributed by atoms with Crippen LogP contribution in [0.5, 0.6) is 0 Å². The van der Waals surface area contributed by atoms with Crippen molar-refractivity contribution >= 4 is 23.2 Å². The minimum absolute atomic E-state index is 0.0714. The van der Waals surface area contributed by atoms with Crippen molar-refractivity contribution in [2.75, 3.05) is 23.8 Å². The van der Waals surface area contributed by atoms with Crippen LogP contribution < -0.4 is 15.5 Å². The van der Waals surface area contributed by atoms with Crippen LogP contribution in [0.15, 0.2) is 84.9 Å². The highest BCUT2D eigenvalue weighted by molar-refractivity contribution is 6.06. The first kappa shape index (κ1) is 20.1. The number of benzene rings is 3. The van der Waals surface area contributed by atoms with Gasteiger partial charge < -0.3 is 15.5 Å². The van der Waals surface area contributed by atoms with Crippen molar-refractivity contribution in [3.05, 3.63) is 96.1 Å². The molecule has 0 bridgehead atoms. The van der Waals surface area contributed by atoms with Crippen molar-refractivity contribution < 1.29 is 9.59 Å². The lowest BCUT2D eigenvalue weighted by molar-refractivity contribution is -0.120. The summed E-state index contributed by atoms with van der Waals surface area (Å²) >= 11 is 0. The molecule has 3 aromatic rings. The standard InChI is InChI=1S/C24H25N3O2/c1-18(19-10-5-3-6-11-19)26-23(28)17-25-21-13-9-12-20(16-21)24(29)27(2)22-14-7-4-8-15-22/h3-16,18,25H,17H2,1-2H3,(H,26,28). The van der Waals surface area contributed by atoms with E-state index in [1.165, 1.54) is 0 Å². The summed E-state index contributed by atoms with van der Waals surface area (Å²) in [5, 5.41) is 6.06. The molecule has 0 spiro atoms. The smallest absolute Gasteiger partial charge is 0.258 e. The van der Waals surface area contributed by atoms with Gasteiger partial charge in [0.2, 0.25) is 5.91 Å². The van der Waals surface area contributed by atoms with Gasteiger partial charge in [-0.05, 0) is 42.8 Å². The topological polar surface area (TPSA) is 61.4 Å². The molecule has 0 saturated carbocycles. The van der Waals surface area contributed by atoms with Gasteiger partial charge in [0.1, 0.15) is 0 Å². The summed E-state index contributed by atoms with van der Waals surface area (Å²) in [5.41, 5.74) is 3.15. The molecule has 1 atom stereocenters. The van der Waals surface area contributed by atoms with E-state index in [9.17, 15) is 9.59 Å². The minimum Gasteiger partial charge on any atom is -0.376 e. The lowest BCUT2D eigenvalue weighted by Crippen LogP contribution is -2.32. The molecule has 0 saturated heterocycles. The van der Waals surface area contributed by atoms with E-state index in [4.69, 9.17) is 0 Å². The van der Waals surface area contributed by atoms with E-state index in [-0.39, 0.29) is 24.4 Å². The lowest BCUT2D eigenvalue weighted by atomic mass is 10.1. The summed E-state index contributed by atoms with van der Waals surface area (Å²) in [5.74, 6) is -0.221. The predicted octanol–water partition coefficient (Wildman–Crippen LogP) is 4.25. The SMILES string of the molecule is CC(NC(=O)CNc1cccc(C(=O)N(C)c2ccccc2)c1)c1ccccc1. The Bertz CT molecular complexity index is 958. The highest BCUT2D eigenvalue weighted by atomic mass is 16.2. The Balaban J connectivity index is 1.58. The van der Waals surface area contributed by atoms with Crippen molar-refractivity contribution in [2.24, 2.45) is 0 Å². The zero-order valence-corrected chi connectivity index (χ0v) is 16.6. The fraction of sp³-hybridized carbons (Fsp3) is 0.167. The second-order valence-electron chi connectivity index (χ2n) is 6.83. The van der Waals surface area contributed by atoms with Crippen LogP contribution >= 0.6 is 0 Å². The maximum atomic E-state index is 12.8. The maximum absolute atomic E-state index is 12.8. The maximum Gasteiger partial charge on any atom is 0.258 e. The van der Waals surface area contributed by atoms with E-state index in [1.54, 1.807) is 30.1 Å². The molecule has 5 heteroatoms. The van der Waals surface area contributed by atoms with Crippen LogP contribution in [0, 0.1) is 0 Å². The first-order valence-corrected chi connectivity index (χ1v) is 9.56. The average Bonchev–Trinajstić information content (AvgIpc) is 2.78. The highest BCUT2D eigenvalue weighted by Gasteiger charge is 2.14. The number of para-hydroxylation sites is 1. The molecule has 0 fully saturated rings. The number of carbonyl (C=O) groups excluding carboxylic acids is 2. The number of nitrogens with one attached hydrogen (secondary N) is 2. The summed E-state index contributed by atoms with van der Waals surface area (Å²) in [4.78, 5) is 26.6. The molecule has 0 aliphatic carbocycles. The summed E-state index contributed by atoms with van der Waals surface area (Å²) in [6.45, 7) is 2.08. The predicted molar refractivity (Wildman–Crippen MR) is 117 cm³/mol. The van der Waals surface area contributed by atoms with E-state index in [1.807, 2.05) is 73.7 Å². The van der Waals surface area contributed by atoms with Crippen LogP contribution in [0.25, 0.3) is 0 Å². The van der Waals surface area contributed by atoms with Gasteiger partial charge in [-0.25, -0.2) is 0 Å². The number of carbonyl (C=O) groups is 2. The molecule has 0 radical (unpaired) electrons. The molecule has 29 heavy (non-hydrogen) atoms. The number of amides is 2. The summed E-state index contributed by atoms with van der Waals surface area (Å²) in [6, 6.07) is 26.4. The Morgan fingerprint density at radius 1 is 0.897 bits per heavy atom. The molecule has 1 unspecified atom stereocenters. The average molecular weight is 387 g/mol. The van der Waals surface area contributed by atoms with Crippen molar-refractivity contribution in [1.29, 1.82) is 0 Å². The highest BCUT2D eigenvalue weighted by Crippen LogP contribution is 2.17. The van der Waals surface area contributed by atoms with E-state index < -0.39 is 0 Å². The molecule has 0 heterocycles. The molecule has 3 rings (SSSR count). The van der Waals surface area contributed by atoms with Gasteiger partial charge in [0, 0.05) is 24.0 Å². The van der Waals surface area contributed by atoms with Crippen LogP contribution in [0.3, 0.4) is 0 Å². The lowest BCUT2D eigenvalue weighted by Gasteiger charge is -2.18. The summed E-state index contributed by atoms with van der Waals surface area (Å²) < 4.78 is 0. The first-order chi connectivity index (χ1) is 14.0. The van der Waals surface area contributed by atoms with Crippen LogP contribution in [0.4, 0.5) is 11.4 Å². The molecular weight excluding hydrogens is 362 g/mol. The fourth-order valence-electron chi connectivity index (χ4n) is 3.02. The second-order valence-corrected chi connectivity index (χ2v) is 6.83. The van der Waals surface area contributed by atoms with Crippen LogP contribution in [-0.2, 0) is 4.79 Å². The minimum atomic E-state index is -0.112. The van der Waals surface area contributed by atoms with Gasteiger partial charge in [0.15, 0.2) is 0 Å². The van der Waals surface area contributed by atoms with Gasteiger partial charge in [-0.3, -0.25) is 9.59 Å². The van der Waals surface area contributed by atoms with Gasteiger partial charge in [0.05, 0.1) is 12.6 Å². The molecule has 0 aliphatic rings. The third-order valence-electron chi connectivity index (χ3n) is 4.69.